The van der Waals surface area contributed by atoms with E-state index >= 15 is 0 Å². The van der Waals surface area contributed by atoms with E-state index in [1.165, 1.54) is 0 Å². The van der Waals surface area contributed by atoms with E-state index in [0.717, 1.165) is 31.7 Å². The molecule has 0 aromatic heterocycles. The molecule has 4 heteroatoms. The molecule has 1 rings (SSSR count). The van der Waals surface area contributed by atoms with Crippen molar-refractivity contribution in [3.05, 3.63) is 0 Å². The summed E-state index contributed by atoms with van der Waals surface area (Å²) < 4.78 is 0. The van der Waals surface area contributed by atoms with Crippen LogP contribution in [0.15, 0.2) is 0 Å². The predicted molar refractivity (Wildman–Crippen MR) is 75.3 cm³/mol. The number of hydrogen-bond acceptors (Lipinski definition) is 3. The molecule has 1 heterocycles. The van der Waals surface area contributed by atoms with Gasteiger partial charge in [-0.15, -0.1) is 0 Å². The van der Waals surface area contributed by atoms with Gasteiger partial charge in [0.25, 0.3) is 0 Å². The first-order valence-corrected chi connectivity index (χ1v) is 7.25. The van der Waals surface area contributed by atoms with Crippen LogP contribution in [0, 0.1) is 5.92 Å². The fraction of sp³-hybridized carbons (Fsp3) is 0.929. The number of piperidine rings is 1. The van der Waals surface area contributed by atoms with Gasteiger partial charge in [0.15, 0.2) is 0 Å². The summed E-state index contributed by atoms with van der Waals surface area (Å²) in [6.45, 7) is 10.0. The van der Waals surface area contributed by atoms with Crippen molar-refractivity contribution in [3.8, 4) is 0 Å². The smallest absolute Gasteiger partial charge is 0.237 e. The van der Waals surface area contributed by atoms with Crippen LogP contribution in [-0.4, -0.2) is 42.0 Å². The van der Waals surface area contributed by atoms with Gasteiger partial charge in [-0.05, 0) is 45.6 Å². The summed E-state index contributed by atoms with van der Waals surface area (Å²) in [6, 6.07) is 0.534. The summed E-state index contributed by atoms with van der Waals surface area (Å²) in [6.07, 6.45) is 3.24. The third-order valence-corrected chi connectivity index (χ3v) is 4.17. The summed E-state index contributed by atoms with van der Waals surface area (Å²) >= 11 is 0. The van der Waals surface area contributed by atoms with Crippen molar-refractivity contribution in [1.82, 2.24) is 10.2 Å². The number of amides is 1. The summed E-state index contributed by atoms with van der Waals surface area (Å²) in [4.78, 5) is 14.4. The van der Waals surface area contributed by atoms with Crippen LogP contribution in [0.3, 0.4) is 0 Å². The number of nitrogens with two attached hydrogens (primary N) is 1. The van der Waals surface area contributed by atoms with Gasteiger partial charge in [0.05, 0.1) is 6.04 Å². The Morgan fingerprint density at radius 2 is 2.17 bits per heavy atom. The molecule has 0 aliphatic carbocycles. The second kappa shape index (κ2) is 7.10. The zero-order valence-corrected chi connectivity index (χ0v) is 12.3. The molecule has 106 valence electrons. The molecule has 1 fully saturated rings. The van der Waals surface area contributed by atoms with Gasteiger partial charge in [-0.25, -0.2) is 0 Å². The predicted octanol–water partition coefficient (Wildman–Crippen LogP) is 1.35. The van der Waals surface area contributed by atoms with Gasteiger partial charge in [0.2, 0.25) is 5.91 Å². The Kier molecular flexibility index (Phi) is 6.09. The fourth-order valence-electron chi connectivity index (χ4n) is 2.63. The highest BCUT2D eigenvalue weighted by Crippen LogP contribution is 2.23. The second-order valence-electron chi connectivity index (χ2n) is 5.75. The van der Waals surface area contributed by atoms with Crippen molar-refractivity contribution < 1.29 is 4.79 Å². The van der Waals surface area contributed by atoms with E-state index in [0.29, 0.717) is 12.6 Å². The fourth-order valence-corrected chi connectivity index (χ4v) is 2.63. The van der Waals surface area contributed by atoms with E-state index in [2.05, 4.69) is 24.1 Å². The lowest BCUT2D eigenvalue weighted by molar-refractivity contribution is -0.128. The molecule has 4 nitrogen and oxygen atoms in total. The topological polar surface area (TPSA) is 58.4 Å². The number of rotatable bonds is 5. The number of carbonyl (C=O) groups excluding carboxylic acids is 1. The average molecular weight is 255 g/mol. The van der Waals surface area contributed by atoms with Crippen LogP contribution in [0.1, 0.15) is 47.0 Å². The number of likely N-dealkylation sites (tertiary alicyclic amines) is 1. The van der Waals surface area contributed by atoms with Crippen molar-refractivity contribution >= 4 is 5.91 Å². The molecule has 4 atom stereocenters. The molecule has 1 saturated heterocycles. The molecule has 0 aromatic carbocycles. The van der Waals surface area contributed by atoms with Gasteiger partial charge in [-0.2, -0.15) is 0 Å². The van der Waals surface area contributed by atoms with Gasteiger partial charge < -0.3 is 11.1 Å². The second-order valence-corrected chi connectivity index (χ2v) is 5.75. The van der Waals surface area contributed by atoms with E-state index in [4.69, 9.17) is 5.73 Å². The molecular weight excluding hydrogens is 226 g/mol. The normalized spacial score (nSPS) is 28.7. The van der Waals surface area contributed by atoms with Crippen LogP contribution in [0.4, 0.5) is 0 Å². The molecule has 1 aliphatic heterocycles. The van der Waals surface area contributed by atoms with E-state index in [1.807, 2.05) is 13.8 Å². The lowest BCUT2D eigenvalue weighted by Gasteiger charge is -2.41. The molecule has 4 unspecified atom stereocenters. The van der Waals surface area contributed by atoms with E-state index in [9.17, 15) is 4.79 Å². The maximum atomic E-state index is 12.2. The van der Waals surface area contributed by atoms with Crippen LogP contribution in [0.5, 0.6) is 0 Å². The Balaban J connectivity index is 2.58. The van der Waals surface area contributed by atoms with Crippen molar-refractivity contribution in [2.45, 2.75) is 65.1 Å². The molecule has 0 spiro atoms. The Morgan fingerprint density at radius 1 is 1.50 bits per heavy atom. The minimum atomic E-state index is -0.0694. The Bertz CT molecular complexity index is 270. The zero-order valence-electron chi connectivity index (χ0n) is 12.3. The van der Waals surface area contributed by atoms with Gasteiger partial charge >= 0.3 is 0 Å². The quantitative estimate of drug-likeness (QED) is 0.779. The monoisotopic (exact) mass is 255 g/mol. The maximum Gasteiger partial charge on any atom is 0.237 e. The molecule has 1 aliphatic rings. The third kappa shape index (κ3) is 3.95. The number of nitrogens with zero attached hydrogens (tertiary/aromatic N) is 1. The molecule has 3 N–H and O–H groups in total. The highest BCUT2D eigenvalue weighted by Gasteiger charge is 2.31. The van der Waals surface area contributed by atoms with Crippen molar-refractivity contribution in [1.29, 1.82) is 0 Å². The van der Waals surface area contributed by atoms with E-state index in [1.54, 1.807) is 0 Å². The standard InChI is InChI=1S/C14H29N3O/c1-5-11(3)16-14(18)12(4)17-7-6-10(2)8-13(17)9-15/h10-13H,5-9,15H2,1-4H3,(H,16,18). The molecule has 0 radical (unpaired) electrons. The van der Waals surface area contributed by atoms with Crippen LogP contribution in [0.25, 0.3) is 0 Å². The third-order valence-electron chi connectivity index (χ3n) is 4.17. The zero-order chi connectivity index (χ0) is 13.7. The number of carbonyl (C=O) groups is 1. The number of nitrogens with one attached hydrogen (secondary N) is 1. The molecule has 0 saturated carbocycles. The molecular formula is C14H29N3O. The minimum Gasteiger partial charge on any atom is -0.352 e. The van der Waals surface area contributed by atoms with Gasteiger partial charge in [0, 0.05) is 18.6 Å². The Labute approximate surface area is 111 Å². The van der Waals surface area contributed by atoms with Crippen LogP contribution in [0.2, 0.25) is 0 Å². The van der Waals surface area contributed by atoms with E-state index < -0.39 is 0 Å². The molecule has 1 amide bonds. The Morgan fingerprint density at radius 3 is 2.72 bits per heavy atom. The molecule has 18 heavy (non-hydrogen) atoms. The van der Waals surface area contributed by atoms with Crippen LogP contribution in [-0.2, 0) is 4.79 Å². The average Bonchev–Trinajstić information content (AvgIpc) is 2.37. The number of hydrogen-bond donors (Lipinski definition) is 2. The lowest BCUT2D eigenvalue weighted by Crippen LogP contribution is -2.55. The minimum absolute atomic E-state index is 0.0694. The molecule has 0 aromatic rings. The summed E-state index contributed by atoms with van der Waals surface area (Å²) in [5.74, 6) is 0.858. The Hall–Kier alpha value is -0.610. The van der Waals surface area contributed by atoms with Gasteiger partial charge in [-0.3, -0.25) is 9.69 Å². The highest BCUT2D eigenvalue weighted by molar-refractivity contribution is 5.81. The first kappa shape index (κ1) is 15.4. The maximum absolute atomic E-state index is 12.2. The SMILES string of the molecule is CCC(C)NC(=O)C(C)N1CCC(C)CC1CN. The first-order valence-electron chi connectivity index (χ1n) is 7.25. The van der Waals surface area contributed by atoms with Crippen LogP contribution < -0.4 is 11.1 Å². The van der Waals surface area contributed by atoms with Crippen LogP contribution >= 0.6 is 0 Å². The largest absolute Gasteiger partial charge is 0.352 e. The van der Waals surface area contributed by atoms with Crippen molar-refractivity contribution in [3.63, 3.8) is 0 Å². The summed E-state index contributed by atoms with van der Waals surface area (Å²) in [7, 11) is 0. The molecule has 0 bridgehead atoms. The summed E-state index contributed by atoms with van der Waals surface area (Å²) in [5, 5.41) is 3.06. The summed E-state index contributed by atoms with van der Waals surface area (Å²) in [5.41, 5.74) is 5.85. The first-order chi connectivity index (χ1) is 8.49. The lowest BCUT2D eigenvalue weighted by atomic mass is 9.91. The van der Waals surface area contributed by atoms with Gasteiger partial charge in [0.1, 0.15) is 0 Å². The van der Waals surface area contributed by atoms with E-state index in [-0.39, 0.29) is 18.0 Å². The highest BCUT2D eigenvalue weighted by atomic mass is 16.2. The van der Waals surface area contributed by atoms with Crippen molar-refractivity contribution in [2.24, 2.45) is 11.7 Å². The van der Waals surface area contributed by atoms with Crippen molar-refractivity contribution in [2.75, 3.05) is 13.1 Å². The van der Waals surface area contributed by atoms with Gasteiger partial charge in [-0.1, -0.05) is 13.8 Å².